The van der Waals surface area contributed by atoms with Gasteiger partial charge in [-0.05, 0) is 50.6 Å². The predicted molar refractivity (Wildman–Crippen MR) is 80.9 cm³/mol. The summed E-state index contributed by atoms with van der Waals surface area (Å²) in [5.74, 6) is -0.204. The third-order valence-corrected chi connectivity index (χ3v) is 5.28. The molecule has 1 amide bonds. The molecule has 0 aromatic rings. The fourth-order valence-electron chi connectivity index (χ4n) is 3.63. The van der Waals surface area contributed by atoms with Gasteiger partial charge in [0, 0.05) is 12.0 Å². The Morgan fingerprint density at radius 1 is 1.29 bits per heavy atom. The van der Waals surface area contributed by atoms with Crippen molar-refractivity contribution in [2.24, 2.45) is 17.3 Å². The Morgan fingerprint density at radius 3 is 2.57 bits per heavy atom. The Hall–Kier alpha value is -1.10. The van der Waals surface area contributed by atoms with Crippen molar-refractivity contribution in [1.82, 2.24) is 10.2 Å². The lowest BCUT2D eigenvalue weighted by Crippen LogP contribution is -2.56. The predicted octanol–water partition coefficient (Wildman–Crippen LogP) is 1.72. The van der Waals surface area contributed by atoms with E-state index in [-0.39, 0.29) is 11.8 Å². The molecular weight excluding hydrogens is 268 g/mol. The third-order valence-electron chi connectivity index (χ3n) is 5.28. The Balaban J connectivity index is 2.14. The van der Waals surface area contributed by atoms with E-state index in [1.807, 2.05) is 13.8 Å². The van der Waals surface area contributed by atoms with Gasteiger partial charge < -0.3 is 15.3 Å². The summed E-state index contributed by atoms with van der Waals surface area (Å²) in [5.41, 5.74) is -0.498. The van der Waals surface area contributed by atoms with Crippen LogP contribution in [0.3, 0.4) is 0 Å². The number of aliphatic carboxylic acids is 1. The van der Waals surface area contributed by atoms with Crippen LogP contribution in [0.1, 0.15) is 46.5 Å². The topological polar surface area (TPSA) is 69.6 Å². The summed E-state index contributed by atoms with van der Waals surface area (Å²) in [5, 5.41) is 12.8. The van der Waals surface area contributed by atoms with Gasteiger partial charge in [0.25, 0.3) is 0 Å². The molecule has 2 heterocycles. The number of carboxylic acids is 1. The first-order valence-electron chi connectivity index (χ1n) is 8.08. The number of nitrogens with one attached hydrogen (secondary N) is 1. The molecular formula is C16H28N2O3. The summed E-state index contributed by atoms with van der Waals surface area (Å²) in [6, 6.07) is -0.655. The minimum absolute atomic E-state index is 0.00972. The largest absolute Gasteiger partial charge is 0.480 e. The standard InChI is InChI=1S/C16H28N2O3/c1-11-6-8-18(13(9-11)14(19)20)15(21)16(2,3)12-5-4-7-17-10-12/h11-13,17H,4-10H2,1-3H3,(H,19,20). The zero-order chi connectivity index (χ0) is 15.6. The molecule has 2 rings (SSSR count). The maximum atomic E-state index is 13.0. The van der Waals surface area contributed by atoms with Gasteiger partial charge in [0.05, 0.1) is 0 Å². The summed E-state index contributed by atoms with van der Waals surface area (Å²) in [4.78, 5) is 26.1. The second-order valence-electron chi connectivity index (χ2n) is 7.25. The molecule has 0 aromatic heterocycles. The minimum Gasteiger partial charge on any atom is -0.480 e. The van der Waals surface area contributed by atoms with Crippen LogP contribution >= 0.6 is 0 Å². The molecule has 3 unspecified atom stereocenters. The molecule has 5 heteroatoms. The van der Waals surface area contributed by atoms with Crippen LogP contribution in [-0.4, -0.2) is 47.6 Å². The van der Waals surface area contributed by atoms with E-state index >= 15 is 0 Å². The lowest BCUT2D eigenvalue weighted by molar-refractivity contribution is -0.159. The van der Waals surface area contributed by atoms with Crippen molar-refractivity contribution in [2.45, 2.75) is 52.5 Å². The van der Waals surface area contributed by atoms with Crippen molar-refractivity contribution in [3.63, 3.8) is 0 Å². The number of piperidine rings is 2. The normalized spacial score (nSPS) is 31.0. The molecule has 0 spiro atoms. The van der Waals surface area contributed by atoms with Crippen LogP contribution in [0.4, 0.5) is 0 Å². The van der Waals surface area contributed by atoms with Crippen LogP contribution in [0.25, 0.3) is 0 Å². The fourth-order valence-corrected chi connectivity index (χ4v) is 3.63. The number of carbonyl (C=O) groups is 2. The van der Waals surface area contributed by atoms with E-state index in [9.17, 15) is 14.7 Å². The van der Waals surface area contributed by atoms with Crippen LogP contribution in [0.15, 0.2) is 0 Å². The van der Waals surface area contributed by atoms with Crippen LogP contribution in [0, 0.1) is 17.3 Å². The summed E-state index contributed by atoms with van der Waals surface area (Å²) in [6.45, 7) is 8.45. The van der Waals surface area contributed by atoms with Crippen molar-refractivity contribution in [2.75, 3.05) is 19.6 Å². The van der Waals surface area contributed by atoms with Crippen molar-refractivity contribution in [3.05, 3.63) is 0 Å². The molecule has 0 radical (unpaired) electrons. The highest BCUT2D eigenvalue weighted by molar-refractivity contribution is 5.87. The third kappa shape index (κ3) is 3.39. The molecule has 21 heavy (non-hydrogen) atoms. The lowest BCUT2D eigenvalue weighted by Gasteiger charge is -2.43. The molecule has 2 fully saturated rings. The Bertz CT molecular complexity index is 402. The molecule has 5 nitrogen and oxygen atoms in total. The molecule has 120 valence electrons. The first-order chi connectivity index (χ1) is 9.84. The van der Waals surface area contributed by atoms with E-state index in [1.165, 1.54) is 0 Å². The van der Waals surface area contributed by atoms with E-state index < -0.39 is 17.4 Å². The average Bonchev–Trinajstić information content (AvgIpc) is 2.47. The summed E-state index contributed by atoms with van der Waals surface area (Å²) in [6.07, 6.45) is 3.59. The number of nitrogens with zero attached hydrogens (tertiary/aromatic N) is 1. The highest BCUT2D eigenvalue weighted by atomic mass is 16.4. The second-order valence-corrected chi connectivity index (χ2v) is 7.25. The number of hydrogen-bond donors (Lipinski definition) is 2. The number of rotatable bonds is 3. The Labute approximate surface area is 127 Å². The zero-order valence-corrected chi connectivity index (χ0v) is 13.4. The van der Waals surface area contributed by atoms with Gasteiger partial charge in [0.2, 0.25) is 5.91 Å². The van der Waals surface area contributed by atoms with Gasteiger partial charge in [0.1, 0.15) is 6.04 Å². The number of carbonyl (C=O) groups excluding carboxylic acids is 1. The molecule has 2 aliphatic rings. The number of carboxylic acid groups (broad SMARTS) is 1. The highest BCUT2D eigenvalue weighted by Crippen LogP contribution is 2.36. The quantitative estimate of drug-likeness (QED) is 0.832. The van der Waals surface area contributed by atoms with Crippen molar-refractivity contribution >= 4 is 11.9 Å². The number of likely N-dealkylation sites (tertiary alicyclic amines) is 1. The van der Waals surface area contributed by atoms with Crippen molar-refractivity contribution in [1.29, 1.82) is 0 Å². The summed E-state index contributed by atoms with van der Waals surface area (Å²) in [7, 11) is 0. The van der Waals surface area contributed by atoms with Crippen LogP contribution < -0.4 is 5.32 Å². The van der Waals surface area contributed by atoms with E-state index in [4.69, 9.17) is 0 Å². The average molecular weight is 296 g/mol. The highest BCUT2D eigenvalue weighted by Gasteiger charge is 2.44. The second kappa shape index (κ2) is 6.34. The van der Waals surface area contributed by atoms with Crippen LogP contribution in [0.5, 0.6) is 0 Å². The zero-order valence-electron chi connectivity index (χ0n) is 13.4. The minimum atomic E-state index is -0.868. The summed E-state index contributed by atoms with van der Waals surface area (Å²) < 4.78 is 0. The molecule has 2 N–H and O–H groups in total. The van der Waals surface area contributed by atoms with E-state index in [0.717, 1.165) is 32.4 Å². The summed E-state index contributed by atoms with van der Waals surface area (Å²) >= 11 is 0. The van der Waals surface area contributed by atoms with Crippen LogP contribution in [-0.2, 0) is 9.59 Å². The Morgan fingerprint density at radius 2 is 2.00 bits per heavy atom. The molecule has 0 aromatic carbocycles. The lowest BCUT2D eigenvalue weighted by atomic mass is 9.73. The SMILES string of the molecule is CC1CCN(C(=O)C(C)(C)C2CCCNC2)C(C(=O)O)C1. The number of hydrogen-bond acceptors (Lipinski definition) is 3. The van der Waals surface area contributed by atoms with Gasteiger partial charge in [-0.2, -0.15) is 0 Å². The van der Waals surface area contributed by atoms with E-state index in [0.29, 0.717) is 18.9 Å². The number of amides is 1. The van der Waals surface area contributed by atoms with Gasteiger partial charge in [-0.25, -0.2) is 4.79 Å². The van der Waals surface area contributed by atoms with Gasteiger partial charge in [0.15, 0.2) is 0 Å². The molecule has 0 saturated carbocycles. The molecule has 2 aliphatic heterocycles. The van der Waals surface area contributed by atoms with Crippen molar-refractivity contribution < 1.29 is 14.7 Å². The van der Waals surface area contributed by atoms with Gasteiger partial charge in [-0.3, -0.25) is 4.79 Å². The first-order valence-corrected chi connectivity index (χ1v) is 8.08. The maximum Gasteiger partial charge on any atom is 0.326 e. The van der Waals surface area contributed by atoms with Gasteiger partial charge >= 0.3 is 5.97 Å². The molecule has 0 bridgehead atoms. The molecule has 2 saturated heterocycles. The Kier molecular flexibility index (Phi) is 4.91. The van der Waals surface area contributed by atoms with Gasteiger partial charge in [-0.15, -0.1) is 0 Å². The van der Waals surface area contributed by atoms with E-state index in [1.54, 1.807) is 4.90 Å². The van der Waals surface area contributed by atoms with Crippen LogP contribution in [0.2, 0.25) is 0 Å². The molecule has 0 aliphatic carbocycles. The van der Waals surface area contributed by atoms with E-state index in [2.05, 4.69) is 12.2 Å². The monoisotopic (exact) mass is 296 g/mol. The van der Waals surface area contributed by atoms with Gasteiger partial charge in [-0.1, -0.05) is 20.8 Å². The van der Waals surface area contributed by atoms with Crippen molar-refractivity contribution in [3.8, 4) is 0 Å². The fraction of sp³-hybridized carbons (Fsp3) is 0.875. The smallest absolute Gasteiger partial charge is 0.326 e. The molecule has 3 atom stereocenters. The first kappa shape index (κ1) is 16.3. The maximum absolute atomic E-state index is 13.0.